The number of carbonyl (C=O) groups is 1. The fraction of sp³-hybridized carbons (Fsp3) is 0.556. The minimum atomic E-state index is -0.972. The van der Waals surface area contributed by atoms with Crippen LogP contribution in [0.2, 0.25) is 0 Å². The van der Waals surface area contributed by atoms with E-state index < -0.39 is 23.8 Å². The topological polar surface area (TPSA) is 83.5 Å². The van der Waals surface area contributed by atoms with Crippen molar-refractivity contribution >= 4 is 5.91 Å². The molecular formula is C27H35F2N3O3. The normalized spacial score (nSPS) is 20.0. The molecule has 190 valence electrons. The number of fused-ring (bicyclic) bond motifs is 1. The molecule has 1 spiro atoms. The molecule has 0 unspecified atom stereocenters. The highest BCUT2D eigenvalue weighted by molar-refractivity contribution is 5.73. The van der Waals surface area contributed by atoms with Gasteiger partial charge in [0.05, 0.1) is 12.1 Å². The van der Waals surface area contributed by atoms with Crippen molar-refractivity contribution in [2.45, 2.75) is 83.1 Å². The number of hydrogen-bond donors (Lipinski definition) is 3. The fourth-order valence-electron chi connectivity index (χ4n) is 5.15. The van der Waals surface area contributed by atoms with Crippen LogP contribution in [0.5, 0.6) is 5.88 Å². The van der Waals surface area contributed by atoms with Crippen LogP contribution in [-0.4, -0.2) is 40.3 Å². The minimum absolute atomic E-state index is 0.0575. The molecule has 1 fully saturated rings. The summed E-state index contributed by atoms with van der Waals surface area (Å²) in [4.78, 5) is 16.4. The molecule has 1 saturated carbocycles. The quantitative estimate of drug-likeness (QED) is 0.498. The summed E-state index contributed by atoms with van der Waals surface area (Å²) in [6.45, 7) is 5.88. The van der Waals surface area contributed by atoms with Crippen molar-refractivity contribution in [3.05, 3.63) is 58.8 Å². The third kappa shape index (κ3) is 6.35. The zero-order chi connectivity index (χ0) is 25.2. The van der Waals surface area contributed by atoms with E-state index in [0.29, 0.717) is 17.4 Å². The number of ether oxygens (including phenoxy) is 1. The summed E-state index contributed by atoms with van der Waals surface area (Å²) in [5.74, 6) is -0.564. The van der Waals surface area contributed by atoms with Crippen LogP contribution in [0.15, 0.2) is 30.5 Å². The first-order valence-electron chi connectivity index (χ1n) is 12.4. The second-order valence-electron chi connectivity index (χ2n) is 10.5. The molecule has 3 N–H and O–H groups in total. The predicted molar refractivity (Wildman–Crippen MR) is 129 cm³/mol. The number of amides is 1. The first-order chi connectivity index (χ1) is 16.6. The Labute approximate surface area is 205 Å². The maximum Gasteiger partial charge on any atom is 0.218 e. The molecule has 2 aromatic rings. The third-order valence-corrected chi connectivity index (χ3v) is 6.91. The van der Waals surface area contributed by atoms with E-state index in [1.165, 1.54) is 19.1 Å². The Bertz CT molecular complexity index is 1040. The molecule has 2 aliphatic rings. The van der Waals surface area contributed by atoms with Gasteiger partial charge in [-0.25, -0.2) is 13.8 Å². The summed E-state index contributed by atoms with van der Waals surface area (Å²) in [6.07, 6.45) is 5.77. The number of pyridine rings is 1. The lowest BCUT2D eigenvalue weighted by Gasteiger charge is -2.47. The predicted octanol–water partition coefficient (Wildman–Crippen LogP) is 4.00. The Morgan fingerprint density at radius 1 is 1.17 bits per heavy atom. The number of nitrogens with one attached hydrogen (secondary N) is 2. The van der Waals surface area contributed by atoms with Crippen molar-refractivity contribution < 1.29 is 23.4 Å². The van der Waals surface area contributed by atoms with Gasteiger partial charge in [-0.1, -0.05) is 13.8 Å². The standard InChI is InChI=1S/C27H35F2N3O3/c1-16(2)7-19-10-22-24(13-27(5-4-6-27)35-26(22)31-14-19)30-15-25(34)23(32-17(3)33)11-18-8-20(28)12-21(29)9-18/h8-10,12,14,16,23-25,30,34H,4-7,11,13,15H2,1-3H3,(H,32,33)/t23-,24-,25-/m0/s1. The van der Waals surface area contributed by atoms with Gasteiger partial charge in [-0.2, -0.15) is 0 Å². The second-order valence-corrected chi connectivity index (χ2v) is 10.5. The Morgan fingerprint density at radius 3 is 2.49 bits per heavy atom. The van der Waals surface area contributed by atoms with E-state index in [4.69, 9.17) is 4.74 Å². The van der Waals surface area contributed by atoms with E-state index in [1.807, 2.05) is 6.20 Å². The maximum atomic E-state index is 13.7. The SMILES string of the molecule is CC(=O)N[C@@H](Cc1cc(F)cc(F)c1)[C@@H](O)CN[C@H]1CC2(CCC2)Oc2ncc(CC(C)C)cc21. The molecule has 2 heterocycles. The van der Waals surface area contributed by atoms with E-state index in [0.717, 1.165) is 49.3 Å². The average Bonchev–Trinajstić information content (AvgIpc) is 2.74. The molecule has 1 aliphatic heterocycles. The Kier molecular flexibility index (Phi) is 7.71. The number of aliphatic hydroxyl groups excluding tert-OH is 1. The lowest BCUT2D eigenvalue weighted by Crippen LogP contribution is -2.52. The molecule has 6 nitrogen and oxygen atoms in total. The van der Waals surface area contributed by atoms with Gasteiger partial charge in [-0.15, -0.1) is 0 Å². The van der Waals surface area contributed by atoms with Gasteiger partial charge in [0.15, 0.2) is 0 Å². The average molecular weight is 488 g/mol. The lowest BCUT2D eigenvalue weighted by atomic mass is 9.73. The van der Waals surface area contributed by atoms with Gasteiger partial charge in [0, 0.05) is 43.8 Å². The summed E-state index contributed by atoms with van der Waals surface area (Å²) in [5, 5.41) is 17.2. The molecule has 0 saturated heterocycles. The summed E-state index contributed by atoms with van der Waals surface area (Å²) in [5.41, 5.74) is 2.27. The van der Waals surface area contributed by atoms with E-state index in [2.05, 4.69) is 35.5 Å². The van der Waals surface area contributed by atoms with Crippen LogP contribution in [-0.2, 0) is 17.6 Å². The van der Waals surface area contributed by atoms with Gasteiger partial charge in [-0.3, -0.25) is 4.79 Å². The van der Waals surface area contributed by atoms with Crippen molar-refractivity contribution in [2.75, 3.05) is 6.54 Å². The summed E-state index contributed by atoms with van der Waals surface area (Å²) < 4.78 is 33.7. The zero-order valence-corrected chi connectivity index (χ0v) is 20.6. The monoisotopic (exact) mass is 487 g/mol. The highest BCUT2D eigenvalue weighted by Crippen LogP contribution is 2.48. The molecule has 35 heavy (non-hydrogen) atoms. The van der Waals surface area contributed by atoms with Crippen LogP contribution in [0.3, 0.4) is 0 Å². The molecule has 3 atom stereocenters. The van der Waals surface area contributed by atoms with Crippen LogP contribution >= 0.6 is 0 Å². The minimum Gasteiger partial charge on any atom is -0.471 e. The molecule has 0 bridgehead atoms. The Morgan fingerprint density at radius 2 is 1.89 bits per heavy atom. The van der Waals surface area contributed by atoms with Crippen LogP contribution < -0.4 is 15.4 Å². The number of hydrogen-bond acceptors (Lipinski definition) is 5. The van der Waals surface area contributed by atoms with Crippen molar-refractivity contribution in [1.82, 2.24) is 15.6 Å². The van der Waals surface area contributed by atoms with E-state index in [9.17, 15) is 18.7 Å². The fourth-order valence-corrected chi connectivity index (χ4v) is 5.15. The van der Waals surface area contributed by atoms with E-state index in [1.54, 1.807) is 0 Å². The highest BCUT2D eigenvalue weighted by Gasteiger charge is 2.46. The van der Waals surface area contributed by atoms with Crippen LogP contribution in [0.1, 0.15) is 69.2 Å². The summed E-state index contributed by atoms with van der Waals surface area (Å²) in [7, 11) is 0. The zero-order valence-electron chi connectivity index (χ0n) is 20.6. The first-order valence-corrected chi connectivity index (χ1v) is 12.4. The Balaban J connectivity index is 1.50. The van der Waals surface area contributed by atoms with Gasteiger partial charge in [0.1, 0.15) is 17.2 Å². The number of aromatic nitrogens is 1. The van der Waals surface area contributed by atoms with Crippen LogP contribution in [0, 0.1) is 17.6 Å². The molecule has 0 radical (unpaired) electrons. The molecular weight excluding hydrogens is 452 g/mol. The number of benzene rings is 1. The van der Waals surface area contributed by atoms with Gasteiger partial charge >= 0.3 is 0 Å². The number of halogens is 2. The van der Waals surface area contributed by atoms with Gasteiger partial charge in [0.25, 0.3) is 0 Å². The highest BCUT2D eigenvalue weighted by atomic mass is 19.1. The van der Waals surface area contributed by atoms with Gasteiger partial charge < -0.3 is 20.5 Å². The molecule has 1 aromatic carbocycles. The summed E-state index contributed by atoms with van der Waals surface area (Å²) in [6, 6.07) is 4.61. The first kappa shape index (κ1) is 25.5. The van der Waals surface area contributed by atoms with Crippen molar-refractivity contribution in [2.24, 2.45) is 5.92 Å². The molecule has 1 aromatic heterocycles. The maximum absolute atomic E-state index is 13.7. The third-order valence-electron chi connectivity index (χ3n) is 6.91. The molecule has 8 heteroatoms. The van der Waals surface area contributed by atoms with Gasteiger partial charge in [-0.05, 0) is 67.3 Å². The molecule has 4 rings (SSSR count). The Hall–Kier alpha value is -2.58. The van der Waals surface area contributed by atoms with Crippen molar-refractivity contribution in [3.8, 4) is 5.88 Å². The molecule has 1 aliphatic carbocycles. The van der Waals surface area contributed by atoms with Crippen molar-refractivity contribution in [3.63, 3.8) is 0 Å². The van der Waals surface area contributed by atoms with Crippen LogP contribution in [0.25, 0.3) is 0 Å². The number of aliphatic hydroxyl groups is 1. The van der Waals surface area contributed by atoms with E-state index in [-0.39, 0.29) is 30.5 Å². The lowest BCUT2D eigenvalue weighted by molar-refractivity contribution is -0.120. The number of rotatable bonds is 9. The van der Waals surface area contributed by atoms with E-state index >= 15 is 0 Å². The largest absolute Gasteiger partial charge is 0.471 e. The second kappa shape index (κ2) is 10.6. The molecule has 1 amide bonds. The number of carbonyl (C=O) groups excluding carboxylic acids is 1. The van der Waals surface area contributed by atoms with Gasteiger partial charge in [0.2, 0.25) is 11.8 Å². The van der Waals surface area contributed by atoms with Crippen molar-refractivity contribution in [1.29, 1.82) is 0 Å². The smallest absolute Gasteiger partial charge is 0.218 e. The summed E-state index contributed by atoms with van der Waals surface area (Å²) >= 11 is 0. The van der Waals surface area contributed by atoms with Crippen LogP contribution in [0.4, 0.5) is 8.78 Å². The number of nitrogens with zero attached hydrogens (tertiary/aromatic N) is 1.